The third-order valence-corrected chi connectivity index (χ3v) is 5.51. The van der Waals surface area contributed by atoms with E-state index in [9.17, 15) is 4.79 Å². The Balaban J connectivity index is 1.43. The van der Waals surface area contributed by atoms with E-state index in [-0.39, 0.29) is 5.91 Å². The number of hydrogen-bond acceptors (Lipinski definition) is 3. The number of aryl methyl sites for hydroxylation is 1. The highest BCUT2D eigenvalue weighted by Gasteiger charge is 2.20. The molecule has 2 N–H and O–H groups in total. The van der Waals surface area contributed by atoms with E-state index >= 15 is 0 Å². The maximum atomic E-state index is 13.2. The first-order valence-electron chi connectivity index (χ1n) is 10.5. The van der Waals surface area contributed by atoms with Crippen molar-refractivity contribution in [3.8, 4) is 11.1 Å². The number of carbonyl (C=O) groups is 1. The van der Waals surface area contributed by atoms with Crippen molar-refractivity contribution < 1.29 is 4.79 Å². The molecular formula is C26H25ClN4O. The molecule has 3 aromatic carbocycles. The lowest BCUT2D eigenvalue weighted by atomic mass is 10.0. The Morgan fingerprint density at radius 3 is 2.34 bits per heavy atom. The molecule has 162 valence electrons. The van der Waals surface area contributed by atoms with Gasteiger partial charge in [0.1, 0.15) is 6.04 Å². The second-order valence-electron chi connectivity index (χ2n) is 7.64. The second-order valence-corrected chi connectivity index (χ2v) is 8.08. The van der Waals surface area contributed by atoms with Crippen LogP contribution in [0.1, 0.15) is 17.2 Å². The summed E-state index contributed by atoms with van der Waals surface area (Å²) < 4.78 is 1.77. The lowest BCUT2D eigenvalue weighted by molar-refractivity contribution is -0.118. The van der Waals surface area contributed by atoms with Gasteiger partial charge in [0, 0.05) is 36.1 Å². The number of nitrogens with zero attached hydrogens (tertiary/aromatic N) is 2. The van der Waals surface area contributed by atoms with Crippen LogP contribution in [0.4, 0.5) is 5.69 Å². The minimum atomic E-state index is -0.457. The maximum absolute atomic E-state index is 13.2. The maximum Gasteiger partial charge on any atom is 0.246 e. The minimum Gasteiger partial charge on any atom is -0.324 e. The zero-order valence-electron chi connectivity index (χ0n) is 17.8. The van der Waals surface area contributed by atoms with Crippen molar-refractivity contribution in [2.24, 2.45) is 7.05 Å². The number of anilines is 1. The normalized spacial score (nSPS) is 11.8. The fourth-order valence-corrected chi connectivity index (χ4v) is 3.68. The Labute approximate surface area is 193 Å². The van der Waals surface area contributed by atoms with E-state index < -0.39 is 6.04 Å². The molecule has 0 fully saturated rings. The molecule has 1 heterocycles. The third kappa shape index (κ3) is 5.63. The highest BCUT2D eigenvalue weighted by molar-refractivity contribution is 6.30. The van der Waals surface area contributed by atoms with Gasteiger partial charge >= 0.3 is 0 Å². The molecule has 4 rings (SSSR count). The molecule has 1 aromatic heterocycles. The molecule has 0 aliphatic heterocycles. The Hall–Kier alpha value is -3.41. The number of carbonyl (C=O) groups excluding carboxylic acids is 1. The Morgan fingerprint density at radius 2 is 1.69 bits per heavy atom. The van der Waals surface area contributed by atoms with Gasteiger partial charge in [-0.3, -0.25) is 9.48 Å². The number of rotatable bonds is 8. The van der Waals surface area contributed by atoms with Gasteiger partial charge in [-0.15, -0.1) is 0 Å². The zero-order chi connectivity index (χ0) is 22.3. The SMILES string of the molecule is Cn1cc(-c2ccc(NC(=O)[C@@H](NCCc3ccc(Cl)cc3)c3ccccc3)cc2)cn1. The summed E-state index contributed by atoms with van der Waals surface area (Å²) in [6.45, 7) is 0.661. The Kier molecular flexibility index (Phi) is 7.00. The molecule has 4 aromatic rings. The first-order valence-corrected chi connectivity index (χ1v) is 10.9. The van der Waals surface area contributed by atoms with E-state index in [1.807, 2.05) is 98.3 Å². The Bertz CT molecular complexity index is 1150. The fourth-order valence-electron chi connectivity index (χ4n) is 3.55. The van der Waals surface area contributed by atoms with Crippen LogP contribution < -0.4 is 10.6 Å². The fraction of sp³-hybridized carbons (Fsp3) is 0.154. The molecule has 0 saturated carbocycles. The van der Waals surface area contributed by atoms with E-state index in [0.29, 0.717) is 6.54 Å². The molecule has 0 spiro atoms. The molecule has 0 unspecified atom stereocenters. The largest absolute Gasteiger partial charge is 0.324 e. The summed E-state index contributed by atoms with van der Waals surface area (Å²) in [5, 5.41) is 11.4. The highest BCUT2D eigenvalue weighted by atomic mass is 35.5. The van der Waals surface area contributed by atoms with Gasteiger partial charge in [0.05, 0.1) is 6.20 Å². The van der Waals surface area contributed by atoms with Gasteiger partial charge in [-0.05, 0) is 47.4 Å². The van der Waals surface area contributed by atoms with Crippen LogP contribution in [0.25, 0.3) is 11.1 Å². The van der Waals surface area contributed by atoms with Crippen molar-refractivity contribution in [1.29, 1.82) is 0 Å². The smallest absolute Gasteiger partial charge is 0.246 e. The molecule has 0 saturated heterocycles. The van der Waals surface area contributed by atoms with Crippen LogP contribution in [0.5, 0.6) is 0 Å². The van der Waals surface area contributed by atoms with Crippen LogP contribution in [0.3, 0.4) is 0 Å². The van der Waals surface area contributed by atoms with Crippen molar-refractivity contribution in [2.75, 3.05) is 11.9 Å². The highest BCUT2D eigenvalue weighted by Crippen LogP contribution is 2.22. The summed E-state index contributed by atoms with van der Waals surface area (Å²) in [5.41, 5.74) is 4.93. The van der Waals surface area contributed by atoms with Crippen LogP contribution >= 0.6 is 11.6 Å². The van der Waals surface area contributed by atoms with Crippen molar-refractivity contribution in [2.45, 2.75) is 12.5 Å². The molecule has 6 heteroatoms. The van der Waals surface area contributed by atoms with Crippen molar-refractivity contribution >= 4 is 23.2 Å². The van der Waals surface area contributed by atoms with E-state index in [2.05, 4.69) is 15.7 Å². The molecule has 32 heavy (non-hydrogen) atoms. The first kappa shape index (κ1) is 21.8. The zero-order valence-corrected chi connectivity index (χ0v) is 18.6. The van der Waals surface area contributed by atoms with Crippen molar-refractivity contribution in [3.05, 3.63) is 107 Å². The second kappa shape index (κ2) is 10.3. The molecule has 0 bridgehead atoms. The standard InChI is InChI=1S/C26H25ClN4O/c1-31-18-22(17-29-31)20-9-13-24(14-10-20)30-26(32)25(21-5-3-2-4-6-21)28-16-15-19-7-11-23(27)12-8-19/h2-14,17-18,25,28H,15-16H2,1H3,(H,30,32)/t25-/m0/s1. The average Bonchev–Trinajstić information content (AvgIpc) is 3.25. The van der Waals surface area contributed by atoms with Gasteiger partial charge in [-0.25, -0.2) is 0 Å². The number of amides is 1. The topological polar surface area (TPSA) is 59.0 Å². The number of halogens is 1. The first-order chi connectivity index (χ1) is 15.6. The number of aromatic nitrogens is 2. The number of hydrogen-bond donors (Lipinski definition) is 2. The van der Waals surface area contributed by atoms with Crippen LogP contribution in [0.2, 0.25) is 5.02 Å². The molecule has 1 atom stereocenters. The summed E-state index contributed by atoms with van der Waals surface area (Å²) >= 11 is 5.97. The minimum absolute atomic E-state index is 0.0959. The van der Waals surface area contributed by atoms with Crippen LogP contribution in [0, 0.1) is 0 Å². The van der Waals surface area contributed by atoms with E-state index in [1.165, 1.54) is 5.56 Å². The Morgan fingerprint density at radius 1 is 0.969 bits per heavy atom. The van der Waals surface area contributed by atoms with Gasteiger partial charge in [0.25, 0.3) is 0 Å². The van der Waals surface area contributed by atoms with Gasteiger partial charge in [0.15, 0.2) is 0 Å². The van der Waals surface area contributed by atoms with Crippen molar-refractivity contribution in [1.82, 2.24) is 15.1 Å². The number of nitrogens with one attached hydrogen (secondary N) is 2. The van der Waals surface area contributed by atoms with Gasteiger partial charge in [0.2, 0.25) is 5.91 Å². The predicted molar refractivity (Wildman–Crippen MR) is 130 cm³/mol. The molecule has 0 aliphatic rings. The van der Waals surface area contributed by atoms with Gasteiger partial charge < -0.3 is 10.6 Å². The van der Waals surface area contributed by atoms with Gasteiger partial charge in [-0.2, -0.15) is 5.10 Å². The monoisotopic (exact) mass is 444 g/mol. The molecular weight excluding hydrogens is 420 g/mol. The summed E-state index contributed by atoms with van der Waals surface area (Å²) in [7, 11) is 1.89. The predicted octanol–water partition coefficient (Wildman–Crippen LogP) is 5.25. The van der Waals surface area contributed by atoms with E-state index in [0.717, 1.165) is 33.8 Å². The van der Waals surface area contributed by atoms with Crippen LogP contribution in [-0.2, 0) is 18.3 Å². The molecule has 1 amide bonds. The van der Waals surface area contributed by atoms with E-state index in [1.54, 1.807) is 4.68 Å². The average molecular weight is 445 g/mol. The summed E-state index contributed by atoms with van der Waals surface area (Å²) in [6, 6.07) is 24.9. The third-order valence-electron chi connectivity index (χ3n) is 5.26. The summed E-state index contributed by atoms with van der Waals surface area (Å²) in [5.74, 6) is -0.0959. The molecule has 0 radical (unpaired) electrons. The van der Waals surface area contributed by atoms with Crippen LogP contribution in [0.15, 0.2) is 91.3 Å². The van der Waals surface area contributed by atoms with E-state index in [4.69, 9.17) is 11.6 Å². The van der Waals surface area contributed by atoms with Crippen molar-refractivity contribution in [3.63, 3.8) is 0 Å². The number of benzene rings is 3. The lowest BCUT2D eigenvalue weighted by Crippen LogP contribution is -2.34. The van der Waals surface area contributed by atoms with Crippen LogP contribution in [-0.4, -0.2) is 22.2 Å². The lowest BCUT2D eigenvalue weighted by Gasteiger charge is -2.19. The summed E-state index contributed by atoms with van der Waals surface area (Å²) in [6.07, 6.45) is 4.58. The quantitative estimate of drug-likeness (QED) is 0.390. The molecule has 5 nitrogen and oxygen atoms in total. The van der Waals surface area contributed by atoms with Gasteiger partial charge in [-0.1, -0.05) is 66.2 Å². The molecule has 0 aliphatic carbocycles. The summed E-state index contributed by atoms with van der Waals surface area (Å²) in [4.78, 5) is 13.2.